The lowest BCUT2D eigenvalue weighted by Gasteiger charge is -2.39. The number of ether oxygens (including phenoxy) is 4. The third-order valence-electron chi connectivity index (χ3n) is 4.05. The molecule has 8 atom stereocenters. The van der Waals surface area contributed by atoms with Gasteiger partial charge in [0.1, 0.15) is 24.4 Å². The van der Waals surface area contributed by atoms with Crippen LogP contribution >= 0.6 is 0 Å². The van der Waals surface area contributed by atoms with E-state index in [1.165, 1.54) is 0 Å². The summed E-state index contributed by atoms with van der Waals surface area (Å²) in [4.78, 5) is 0. The van der Waals surface area contributed by atoms with Gasteiger partial charge in [0.05, 0.1) is 25.4 Å². The highest BCUT2D eigenvalue weighted by atomic mass is 16.7. The monoisotopic (exact) mass is 338 g/mol. The van der Waals surface area contributed by atoms with Crippen LogP contribution in [0.1, 0.15) is 19.8 Å². The minimum atomic E-state index is -1.18. The van der Waals surface area contributed by atoms with E-state index in [0.717, 1.165) is 0 Å². The van der Waals surface area contributed by atoms with Crippen molar-refractivity contribution in [2.24, 2.45) is 0 Å². The van der Waals surface area contributed by atoms with E-state index < -0.39 is 55.8 Å². The van der Waals surface area contributed by atoms with Crippen LogP contribution < -0.4 is 0 Å². The van der Waals surface area contributed by atoms with Gasteiger partial charge in [0.15, 0.2) is 12.6 Å². The Bertz CT molecular complexity index is 355. The van der Waals surface area contributed by atoms with Gasteiger partial charge in [-0.25, -0.2) is 0 Å². The van der Waals surface area contributed by atoms with E-state index >= 15 is 0 Å². The Balaban J connectivity index is 1.86. The number of aliphatic hydroxyl groups is 5. The van der Waals surface area contributed by atoms with Crippen molar-refractivity contribution in [2.75, 3.05) is 19.8 Å². The van der Waals surface area contributed by atoms with Gasteiger partial charge in [0.2, 0.25) is 0 Å². The molecule has 0 amide bonds. The zero-order valence-electron chi connectivity index (χ0n) is 13.0. The van der Waals surface area contributed by atoms with Gasteiger partial charge >= 0.3 is 0 Å². The Kier molecular flexibility index (Phi) is 7.14. The number of hydrogen-bond acceptors (Lipinski definition) is 9. The third-order valence-corrected chi connectivity index (χ3v) is 4.05. The van der Waals surface area contributed by atoms with Crippen LogP contribution in [0.4, 0.5) is 0 Å². The van der Waals surface area contributed by atoms with Gasteiger partial charge in [0.25, 0.3) is 0 Å². The zero-order chi connectivity index (χ0) is 17.0. The molecule has 3 unspecified atom stereocenters. The van der Waals surface area contributed by atoms with Crippen molar-refractivity contribution < 1.29 is 44.5 Å². The van der Waals surface area contributed by atoms with Crippen LogP contribution in [0.15, 0.2) is 0 Å². The number of rotatable bonds is 6. The van der Waals surface area contributed by atoms with Gasteiger partial charge in [-0.05, 0) is 6.92 Å². The molecule has 0 saturated carbocycles. The maximum absolute atomic E-state index is 9.96. The maximum atomic E-state index is 9.96. The summed E-state index contributed by atoms with van der Waals surface area (Å²) in [6.07, 6.45) is -7.41. The summed E-state index contributed by atoms with van der Waals surface area (Å²) in [6, 6.07) is 0. The summed E-state index contributed by atoms with van der Waals surface area (Å²) in [5.41, 5.74) is 0. The molecule has 2 aliphatic heterocycles. The highest BCUT2D eigenvalue weighted by Gasteiger charge is 2.40. The average Bonchev–Trinajstić information content (AvgIpc) is 2.52. The summed E-state index contributed by atoms with van der Waals surface area (Å²) in [5.74, 6) is 0. The van der Waals surface area contributed by atoms with Gasteiger partial charge in [-0.3, -0.25) is 0 Å². The van der Waals surface area contributed by atoms with Crippen molar-refractivity contribution in [3.05, 3.63) is 0 Å². The molecule has 0 radical (unpaired) electrons. The fourth-order valence-electron chi connectivity index (χ4n) is 2.72. The predicted octanol–water partition coefficient (Wildman–Crippen LogP) is -2.29. The van der Waals surface area contributed by atoms with Crippen molar-refractivity contribution in [1.29, 1.82) is 0 Å². The Labute approximate surface area is 134 Å². The SMILES string of the molecule is CCO[C@@H]1CC(O)[C@H](O)[C@@H](CO[C@@H]2CC(O)[C@H](O)C(CO)O2)O1. The molecule has 9 heteroatoms. The molecule has 0 spiro atoms. The van der Waals surface area contributed by atoms with E-state index in [1.54, 1.807) is 6.92 Å². The van der Waals surface area contributed by atoms with Crippen LogP contribution in [-0.4, -0.2) is 94.6 Å². The summed E-state index contributed by atoms with van der Waals surface area (Å²) in [6.45, 7) is 1.66. The quantitative estimate of drug-likeness (QED) is 0.362. The molecule has 2 saturated heterocycles. The van der Waals surface area contributed by atoms with E-state index in [9.17, 15) is 20.4 Å². The highest BCUT2D eigenvalue weighted by Crippen LogP contribution is 2.25. The zero-order valence-corrected chi connectivity index (χ0v) is 13.0. The van der Waals surface area contributed by atoms with Crippen molar-refractivity contribution in [3.63, 3.8) is 0 Å². The second kappa shape index (κ2) is 8.65. The molecule has 2 aliphatic rings. The molecule has 0 aliphatic carbocycles. The fraction of sp³-hybridized carbons (Fsp3) is 1.00. The first-order valence-electron chi connectivity index (χ1n) is 7.83. The van der Waals surface area contributed by atoms with Gasteiger partial charge in [-0.2, -0.15) is 0 Å². The van der Waals surface area contributed by atoms with Crippen LogP contribution in [0.25, 0.3) is 0 Å². The molecule has 2 fully saturated rings. The minimum Gasteiger partial charge on any atom is -0.394 e. The third kappa shape index (κ3) is 4.81. The van der Waals surface area contributed by atoms with E-state index in [-0.39, 0.29) is 19.4 Å². The largest absolute Gasteiger partial charge is 0.394 e. The number of hydrogen-bond donors (Lipinski definition) is 5. The minimum absolute atomic E-state index is 0.0257. The van der Waals surface area contributed by atoms with Gasteiger partial charge in [0, 0.05) is 19.4 Å². The summed E-state index contributed by atoms with van der Waals surface area (Å²) in [5, 5.41) is 48.3. The Hall–Kier alpha value is -0.360. The van der Waals surface area contributed by atoms with Crippen molar-refractivity contribution in [1.82, 2.24) is 0 Å². The van der Waals surface area contributed by atoms with E-state index in [1.807, 2.05) is 0 Å². The Morgan fingerprint density at radius 2 is 1.39 bits per heavy atom. The Morgan fingerprint density at radius 3 is 1.96 bits per heavy atom. The molecule has 23 heavy (non-hydrogen) atoms. The van der Waals surface area contributed by atoms with Crippen LogP contribution in [0.3, 0.4) is 0 Å². The van der Waals surface area contributed by atoms with Crippen molar-refractivity contribution in [2.45, 2.75) is 69.0 Å². The molecular formula is C14H26O9. The lowest BCUT2D eigenvalue weighted by atomic mass is 10.0. The first-order chi connectivity index (χ1) is 11.0. The maximum Gasteiger partial charge on any atom is 0.160 e. The second-order valence-electron chi connectivity index (χ2n) is 5.77. The van der Waals surface area contributed by atoms with Crippen LogP contribution in [0.2, 0.25) is 0 Å². The standard InChI is InChI=1S/C14H26O9/c1-2-20-11-3-8(17)14(19)10(23-11)6-21-12-4-7(16)13(18)9(5-15)22-12/h7-19H,2-6H2,1H3/t7?,8?,9?,10-,11+,12+,13+,14+/m1/s1. The topological polar surface area (TPSA) is 138 Å². The van der Waals surface area contributed by atoms with E-state index in [4.69, 9.17) is 24.1 Å². The fourth-order valence-corrected chi connectivity index (χ4v) is 2.72. The molecule has 0 bridgehead atoms. The lowest BCUT2D eigenvalue weighted by molar-refractivity contribution is -0.291. The molecule has 2 heterocycles. The predicted molar refractivity (Wildman–Crippen MR) is 75.2 cm³/mol. The summed E-state index contributed by atoms with van der Waals surface area (Å²) < 4.78 is 21.6. The van der Waals surface area contributed by atoms with Crippen LogP contribution in [0, 0.1) is 0 Å². The second-order valence-corrected chi connectivity index (χ2v) is 5.77. The molecule has 136 valence electrons. The number of aliphatic hydroxyl groups excluding tert-OH is 5. The van der Waals surface area contributed by atoms with Crippen molar-refractivity contribution in [3.8, 4) is 0 Å². The smallest absolute Gasteiger partial charge is 0.160 e. The van der Waals surface area contributed by atoms with E-state index in [0.29, 0.717) is 6.61 Å². The average molecular weight is 338 g/mol. The van der Waals surface area contributed by atoms with E-state index in [2.05, 4.69) is 0 Å². The van der Waals surface area contributed by atoms with Gasteiger partial charge in [-0.1, -0.05) is 0 Å². The molecule has 2 rings (SSSR count). The highest BCUT2D eigenvalue weighted by molar-refractivity contribution is 4.85. The molecule has 0 aromatic heterocycles. The lowest BCUT2D eigenvalue weighted by Crippen LogP contribution is -2.53. The van der Waals surface area contributed by atoms with Crippen LogP contribution in [0.5, 0.6) is 0 Å². The molecule has 0 aromatic carbocycles. The van der Waals surface area contributed by atoms with Crippen LogP contribution in [-0.2, 0) is 18.9 Å². The first kappa shape index (κ1) is 19.0. The molecule has 5 N–H and O–H groups in total. The molecule has 0 aromatic rings. The first-order valence-corrected chi connectivity index (χ1v) is 7.83. The molecule has 9 nitrogen and oxygen atoms in total. The molecular weight excluding hydrogens is 312 g/mol. The van der Waals surface area contributed by atoms with Gasteiger partial charge in [-0.15, -0.1) is 0 Å². The Morgan fingerprint density at radius 1 is 0.870 bits per heavy atom. The summed E-state index contributed by atoms with van der Waals surface area (Å²) in [7, 11) is 0. The summed E-state index contributed by atoms with van der Waals surface area (Å²) >= 11 is 0. The van der Waals surface area contributed by atoms with Gasteiger partial charge < -0.3 is 44.5 Å². The van der Waals surface area contributed by atoms with Crippen molar-refractivity contribution >= 4 is 0 Å². The normalized spacial score (nSPS) is 45.1.